The molecule has 0 saturated carbocycles. The summed E-state index contributed by atoms with van der Waals surface area (Å²) in [4.78, 5) is 2.52. The summed E-state index contributed by atoms with van der Waals surface area (Å²) in [6.07, 6.45) is 0. The Labute approximate surface area is 334 Å². The molecule has 0 N–H and O–H groups in total. The van der Waals surface area contributed by atoms with E-state index < -0.39 is 5.41 Å². The zero-order valence-electron chi connectivity index (χ0n) is 32.0. The zero-order valence-corrected chi connectivity index (χ0v) is 32.0. The molecule has 1 heteroatoms. The number of benzene rings is 9. The molecule has 0 fully saturated rings. The third kappa shape index (κ3) is 4.34. The standard InChI is InChI=1S/C56H39N/c1-55(2)47-20-9-5-16-42(47)45-33-32-41(35-52(45)55)57(40-30-28-37(29-31-40)39-27-26-36-14-3-4-15-38(36)34-39)53-25-13-24-51-54(53)46-19-8-12-23-50(46)56(51)48-21-10-6-17-43(48)44-18-7-11-22-49(44)56/h3-35H,1-2H3. The van der Waals surface area contributed by atoms with Crippen LogP contribution in [0.15, 0.2) is 200 Å². The number of hydrogen-bond acceptors (Lipinski definition) is 1. The van der Waals surface area contributed by atoms with E-state index in [0.29, 0.717) is 0 Å². The van der Waals surface area contributed by atoms with Crippen LogP contribution >= 0.6 is 0 Å². The van der Waals surface area contributed by atoms with Crippen molar-refractivity contribution in [3.05, 3.63) is 234 Å². The molecule has 57 heavy (non-hydrogen) atoms. The average Bonchev–Trinajstić information content (AvgIpc) is 3.83. The van der Waals surface area contributed by atoms with Gasteiger partial charge in [-0.25, -0.2) is 0 Å². The lowest BCUT2D eigenvalue weighted by atomic mass is 9.70. The highest BCUT2D eigenvalue weighted by atomic mass is 15.1. The van der Waals surface area contributed by atoms with E-state index in [1.165, 1.54) is 94.3 Å². The normalized spacial score (nSPS) is 14.4. The fraction of sp³-hybridized carbons (Fsp3) is 0.0714. The molecule has 0 atom stereocenters. The Morgan fingerprint density at radius 1 is 0.333 bits per heavy atom. The molecule has 0 bridgehead atoms. The van der Waals surface area contributed by atoms with E-state index in [9.17, 15) is 0 Å². The van der Waals surface area contributed by atoms with Gasteiger partial charge in [-0.3, -0.25) is 0 Å². The second kappa shape index (κ2) is 11.8. The van der Waals surface area contributed by atoms with E-state index in [1.807, 2.05) is 0 Å². The topological polar surface area (TPSA) is 3.24 Å². The zero-order chi connectivity index (χ0) is 37.9. The predicted molar refractivity (Wildman–Crippen MR) is 238 cm³/mol. The van der Waals surface area contributed by atoms with Crippen LogP contribution in [0.5, 0.6) is 0 Å². The van der Waals surface area contributed by atoms with Gasteiger partial charge in [0.15, 0.2) is 0 Å². The average molecular weight is 726 g/mol. The van der Waals surface area contributed by atoms with E-state index in [0.717, 1.165) is 11.4 Å². The Hall–Kier alpha value is -6.96. The maximum absolute atomic E-state index is 2.52. The molecule has 0 aliphatic heterocycles. The molecule has 1 spiro atoms. The van der Waals surface area contributed by atoms with Crippen molar-refractivity contribution in [2.24, 2.45) is 0 Å². The second-order valence-corrected chi connectivity index (χ2v) is 16.4. The fourth-order valence-corrected chi connectivity index (χ4v) is 10.7. The first-order chi connectivity index (χ1) is 28.0. The summed E-state index contributed by atoms with van der Waals surface area (Å²) in [5.41, 5.74) is 21.4. The lowest BCUT2D eigenvalue weighted by Gasteiger charge is -2.32. The molecule has 9 aromatic carbocycles. The van der Waals surface area contributed by atoms with Crippen molar-refractivity contribution < 1.29 is 0 Å². The highest BCUT2D eigenvalue weighted by Crippen LogP contribution is 2.64. The number of nitrogens with zero attached hydrogens (tertiary/aromatic N) is 1. The molecule has 0 unspecified atom stereocenters. The highest BCUT2D eigenvalue weighted by Gasteiger charge is 2.52. The Morgan fingerprint density at radius 2 is 0.842 bits per heavy atom. The van der Waals surface area contributed by atoms with Crippen molar-refractivity contribution in [3.63, 3.8) is 0 Å². The third-order valence-corrected chi connectivity index (χ3v) is 13.3. The molecule has 0 amide bonds. The van der Waals surface area contributed by atoms with Gasteiger partial charge >= 0.3 is 0 Å². The summed E-state index contributed by atoms with van der Waals surface area (Å²) in [5.74, 6) is 0. The minimum absolute atomic E-state index is 0.125. The van der Waals surface area contributed by atoms with Crippen molar-refractivity contribution in [3.8, 4) is 44.5 Å². The molecule has 3 aliphatic carbocycles. The quantitative estimate of drug-likeness (QED) is 0.175. The summed E-state index contributed by atoms with van der Waals surface area (Å²) >= 11 is 0. The molecule has 0 saturated heterocycles. The van der Waals surface area contributed by atoms with Crippen LogP contribution in [-0.4, -0.2) is 0 Å². The number of hydrogen-bond donors (Lipinski definition) is 0. The Balaban J connectivity index is 1.10. The SMILES string of the molecule is CC1(C)c2ccccc2-c2ccc(N(c3ccc(-c4ccc5ccccc5c4)cc3)c3cccc4c3-c3ccccc3C43c4ccccc4-c4ccccc43)cc21. The molecule has 1 nitrogen and oxygen atoms in total. The van der Waals surface area contributed by atoms with Crippen molar-refractivity contribution >= 4 is 27.8 Å². The lowest BCUT2D eigenvalue weighted by molar-refractivity contribution is 0.660. The van der Waals surface area contributed by atoms with Crippen LogP contribution in [0, 0.1) is 0 Å². The van der Waals surface area contributed by atoms with Crippen LogP contribution in [-0.2, 0) is 10.8 Å². The molecule has 0 aromatic heterocycles. The maximum atomic E-state index is 2.52. The fourth-order valence-electron chi connectivity index (χ4n) is 10.7. The Morgan fingerprint density at radius 3 is 1.54 bits per heavy atom. The summed E-state index contributed by atoms with van der Waals surface area (Å²) in [6.45, 7) is 4.75. The van der Waals surface area contributed by atoms with Gasteiger partial charge in [0.25, 0.3) is 0 Å². The van der Waals surface area contributed by atoms with Gasteiger partial charge in [-0.15, -0.1) is 0 Å². The van der Waals surface area contributed by atoms with E-state index in [1.54, 1.807) is 0 Å². The first-order valence-corrected chi connectivity index (χ1v) is 20.1. The van der Waals surface area contributed by atoms with Crippen LogP contribution in [0.4, 0.5) is 17.1 Å². The van der Waals surface area contributed by atoms with Crippen molar-refractivity contribution in [1.82, 2.24) is 0 Å². The van der Waals surface area contributed by atoms with Crippen LogP contribution < -0.4 is 4.90 Å². The summed E-state index contributed by atoms with van der Waals surface area (Å²) in [6, 6.07) is 75.0. The molecular weight excluding hydrogens is 687 g/mol. The minimum Gasteiger partial charge on any atom is -0.310 e. The second-order valence-electron chi connectivity index (χ2n) is 16.4. The molecule has 9 aromatic rings. The van der Waals surface area contributed by atoms with Crippen LogP contribution in [0.2, 0.25) is 0 Å². The predicted octanol–water partition coefficient (Wildman–Crippen LogP) is 14.6. The number of rotatable bonds is 4. The first kappa shape index (κ1) is 32.3. The highest BCUT2D eigenvalue weighted by molar-refractivity contribution is 6.01. The van der Waals surface area contributed by atoms with E-state index in [-0.39, 0.29) is 5.41 Å². The Bertz CT molecular complexity index is 3060. The number of anilines is 3. The number of fused-ring (bicyclic) bond motifs is 14. The van der Waals surface area contributed by atoms with Crippen molar-refractivity contribution in [2.75, 3.05) is 4.90 Å². The van der Waals surface area contributed by atoms with E-state index in [4.69, 9.17) is 0 Å². The van der Waals surface area contributed by atoms with Gasteiger partial charge in [-0.1, -0.05) is 178 Å². The molecule has 268 valence electrons. The molecule has 0 heterocycles. The van der Waals surface area contributed by atoms with Gasteiger partial charge < -0.3 is 4.90 Å². The summed E-state index contributed by atoms with van der Waals surface area (Å²) in [5, 5.41) is 2.51. The summed E-state index contributed by atoms with van der Waals surface area (Å²) < 4.78 is 0. The summed E-state index contributed by atoms with van der Waals surface area (Å²) in [7, 11) is 0. The van der Waals surface area contributed by atoms with Gasteiger partial charge in [0.2, 0.25) is 0 Å². The Kier molecular flexibility index (Phi) is 6.67. The van der Waals surface area contributed by atoms with Crippen molar-refractivity contribution in [1.29, 1.82) is 0 Å². The van der Waals surface area contributed by atoms with E-state index >= 15 is 0 Å². The van der Waals surface area contributed by atoms with Gasteiger partial charge in [0, 0.05) is 22.4 Å². The van der Waals surface area contributed by atoms with E-state index in [2.05, 4.69) is 219 Å². The molecular formula is C56H39N. The smallest absolute Gasteiger partial charge is 0.0726 e. The van der Waals surface area contributed by atoms with Crippen molar-refractivity contribution in [2.45, 2.75) is 24.7 Å². The van der Waals surface area contributed by atoms with Gasteiger partial charge in [-0.2, -0.15) is 0 Å². The van der Waals surface area contributed by atoms with Crippen LogP contribution in [0.25, 0.3) is 55.3 Å². The maximum Gasteiger partial charge on any atom is 0.0726 e. The molecule has 0 radical (unpaired) electrons. The minimum atomic E-state index is -0.414. The third-order valence-electron chi connectivity index (χ3n) is 13.3. The molecule has 12 rings (SSSR count). The van der Waals surface area contributed by atoms with Crippen LogP contribution in [0.3, 0.4) is 0 Å². The molecule has 3 aliphatic rings. The van der Waals surface area contributed by atoms with Crippen LogP contribution in [0.1, 0.15) is 47.2 Å². The van der Waals surface area contributed by atoms with Gasteiger partial charge in [0.05, 0.1) is 11.1 Å². The monoisotopic (exact) mass is 725 g/mol. The lowest BCUT2D eigenvalue weighted by Crippen LogP contribution is -2.26. The van der Waals surface area contributed by atoms with Gasteiger partial charge in [0.1, 0.15) is 0 Å². The van der Waals surface area contributed by atoms with Gasteiger partial charge in [-0.05, 0) is 119 Å². The largest absolute Gasteiger partial charge is 0.310 e. The first-order valence-electron chi connectivity index (χ1n) is 20.1.